The van der Waals surface area contributed by atoms with Gasteiger partial charge in [0, 0.05) is 7.11 Å². The predicted molar refractivity (Wildman–Crippen MR) is 95.4 cm³/mol. The minimum atomic E-state index is -0.165. The molecule has 3 rings (SSSR count). The van der Waals surface area contributed by atoms with Crippen molar-refractivity contribution in [1.82, 2.24) is 14.9 Å². The van der Waals surface area contributed by atoms with E-state index in [1.54, 1.807) is 0 Å². The first-order valence-electron chi connectivity index (χ1n) is 8.15. The van der Waals surface area contributed by atoms with E-state index in [-0.39, 0.29) is 12.5 Å². The highest BCUT2D eigenvalue weighted by molar-refractivity contribution is 5.78. The minimum absolute atomic E-state index is 0.0390. The van der Waals surface area contributed by atoms with Gasteiger partial charge >= 0.3 is 0 Å². The molecule has 0 bridgehead atoms. The summed E-state index contributed by atoms with van der Waals surface area (Å²) in [6, 6.07) is 17.6. The monoisotopic (exact) mass is 339 g/mol. The molecular weight excluding hydrogens is 318 g/mol. The summed E-state index contributed by atoms with van der Waals surface area (Å²) >= 11 is 0. The number of rotatable bonds is 8. The highest BCUT2D eigenvalue weighted by Gasteiger charge is 2.11. The van der Waals surface area contributed by atoms with E-state index in [0.29, 0.717) is 19.7 Å². The summed E-state index contributed by atoms with van der Waals surface area (Å²) in [5.74, 6) is 1.46. The number of nitrogens with one attached hydrogen (secondary N) is 1. The number of amides is 1. The zero-order valence-electron chi connectivity index (χ0n) is 14.1. The SMILES string of the molecule is COCC(=O)NCc1nc2ccccc2n1CCOc1ccccc1. The number of methoxy groups -OCH3 is 1. The van der Waals surface area contributed by atoms with Crippen LogP contribution in [0.25, 0.3) is 11.0 Å². The second-order valence-corrected chi connectivity index (χ2v) is 5.54. The number of nitrogens with zero attached hydrogens (tertiary/aromatic N) is 2. The molecule has 1 aromatic heterocycles. The number of carbonyl (C=O) groups is 1. The Labute approximate surface area is 146 Å². The molecule has 130 valence electrons. The van der Waals surface area contributed by atoms with Gasteiger partial charge in [0.05, 0.1) is 24.1 Å². The van der Waals surface area contributed by atoms with Crippen molar-refractivity contribution in [1.29, 1.82) is 0 Å². The molecule has 1 N–H and O–H groups in total. The first-order valence-corrected chi connectivity index (χ1v) is 8.15. The first kappa shape index (κ1) is 17.0. The second-order valence-electron chi connectivity index (χ2n) is 5.54. The van der Waals surface area contributed by atoms with Gasteiger partial charge in [-0.2, -0.15) is 0 Å². The fraction of sp³-hybridized carbons (Fsp3) is 0.263. The predicted octanol–water partition coefficient (Wildman–Crippen LogP) is 2.38. The fourth-order valence-electron chi connectivity index (χ4n) is 2.64. The Bertz CT molecular complexity index is 830. The van der Waals surface area contributed by atoms with Gasteiger partial charge in [-0.1, -0.05) is 30.3 Å². The molecule has 6 nitrogen and oxygen atoms in total. The van der Waals surface area contributed by atoms with E-state index in [9.17, 15) is 4.79 Å². The van der Waals surface area contributed by atoms with Crippen molar-refractivity contribution in [2.24, 2.45) is 0 Å². The van der Waals surface area contributed by atoms with Crippen LogP contribution < -0.4 is 10.1 Å². The Balaban J connectivity index is 1.72. The van der Waals surface area contributed by atoms with E-state index in [4.69, 9.17) is 9.47 Å². The van der Waals surface area contributed by atoms with Crippen LogP contribution in [0.5, 0.6) is 5.75 Å². The maximum atomic E-state index is 11.6. The summed E-state index contributed by atoms with van der Waals surface area (Å²) in [5, 5.41) is 2.82. The van der Waals surface area contributed by atoms with Crippen LogP contribution in [0.15, 0.2) is 54.6 Å². The summed E-state index contributed by atoms with van der Waals surface area (Å²) in [4.78, 5) is 16.3. The lowest BCUT2D eigenvalue weighted by molar-refractivity contribution is -0.124. The van der Waals surface area contributed by atoms with Crippen LogP contribution in [0.2, 0.25) is 0 Å². The second kappa shape index (κ2) is 8.30. The molecule has 0 unspecified atom stereocenters. The van der Waals surface area contributed by atoms with Crippen molar-refractivity contribution in [3.05, 3.63) is 60.4 Å². The third-order valence-electron chi connectivity index (χ3n) is 3.78. The molecule has 0 aliphatic rings. The molecule has 2 aromatic carbocycles. The Morgan fingerprint density at radius 2 is 1.88 bits per heavy atom. The van der Waals surface area contributed by atoms with Crippen molar-refractivity contribution in [3.8, 4) is 5.75 Å². The molecule has 0 atom stereocenters. The summed E-state index contributed by atoms with van der Waals surface area (Å²) in [5.41, 5.74) is 1.92. The number of para-hydroxylation sites is 3. The highest BCUT2D eigenvalue weighted by Crippen LogP contribution is 2.16. The number of hydrogen-bond acceptors (Lipinski definition) is 4. The average Bonchev–Trinajstić information content (AvgIpc) is 2.99. The van der Waals surface area contributed by atoms with Gasteiger partial charge in [0.25, 0.3) is 0 Å². The lowest BCUT2D eigenvalue weighted by Crippen LogP contribution is -2.28. The third kappa shape index (κ3) is 4.36. The lowest BCUT2D eigenvalue weighted by Gasteiger charge is -2.11. The summed E-state index contributed by atoms with van der Waals surface area (Å²) < 4.78 is 12.7. The van der Waals surface area contributed by atoms with Crippen LogP contribution in [0.3, 0.4) is 0 Å². The Morgan fingerprint density at radius 1 is 1.12 bits per heavy atom. The smallest absolute Gasteiger partial charge is 0.246 e. The molecule has 1 amide bonds. The van der Waals surface area contributed by atoms with Crippen LogP contribution in [0.4, 0.5) is 0 Å². The molecule has 0 saturated heterocycles. The quantitative estimate of drug-likeness (QED) is 0.684. The molecule has 25 heavy (non-hydrogen) atoms. The standard InChI is InChI=1S/C19H21N3O3/c1-24-14-19(23)20-13-18-21-16-9-5-6-10-17(16)22(18)11-12-25-15-7-3-2-4-8-15/h2-10H,11-14H2,1H3,(H,20,23). The van der Waals surface area contributed by atoms with E-state index in [1.807, 2.05) is 54.6 Å². The number of hydrogen-bond donors (Lipinski definition) is 1. The van der Waals surface area contributed by atoms with E-state index >= 15 is 0 Å². The number of carbonyl (C=O) groups excluding carboxylic acids is 1. The van der Waals surface area contributed by atoms with Crippen molar-refractivity contribution in [2.75, 3.05) is 20.3 Å². The van der Waals surface area contributed by atoms with Crippen molar-refractivity contribution in [3.63, 3.8) is 0 Å². The maximum absolute atomic E-state index is 11.6. The van der Waals surface area contributed by atoms with Crippen LogP contribution >= 0.6 is 0 Å². The Hall–Kier alpha value is -2.86. The Kier molecular flexibility index (Phi) is 5.64. The van der Waals surface area contributed by atoms with Crippen LogP contribution in [-0.2, 0) is 22.6 Å². The zero-order valence-corrected chi connectivity index (χ0v) is 14.1. The number of benzene rings is 2. The number of aromatic nitrogens is 2. The molecule has 1 heterocycles. The molecule has 0 saturated carbocycles. The molecular formula is C19H21N3O3. The van der Waals surface area contributed by atoms with Gasteiger partial charge in [0.15, 0.2) is 0 Å². The summed E-state index contributed by atoms with van der Waals surface area (Å²) in [6.07, 6.45) is 0. The average molecular weight is 339 g/mol. The van der Waals surface area contributed by atoms with Crippen LogP contribution in [-0.4, -0.2) is 35.8 Å². The van der Waals surface area contributed by atoms with Crippen molar-refractivity contribution >= 4 is 16.9 Å². The molecule has 0 fully saturated rings. The molecule has 6 heteroatoms. The van der Waals surface area contributed by atoms with E-state index < -0.39 is 0 Å². The molecule has 0 aliphatic heterocycles. The zero-order chi connectivity index (χ0) is 17.5. The van der Waals surface area contributed by atoms with Crippen molar-refractivity contribution in [2.45, 2.75) is 13.1 Å². The topological polar surface area (TPSA) is 65.4 Å². The molecule has 0 spiro atoms. The molecule has 0 aliphatic carbocycles. The van der Waals surface area contributed by atoms with Crippen LogP contribution in [0.1, 0.15) is 5.82 Å². The van der Waals surface area contributed by atoms with E-state index in [0.717, 1.165) is 22.6 Å². The number of fused-ring (bicyclic) bond motifs is 1. The number of ether oxygens (including phenoxy) is 2. The van der Waals surface area contributed by atoms with Gasteiger partial charge in [-0.25, -0.2) is 4.98 Å². The van der Waals surface area contributed by atoms with Gasteiger partial charge in [0.1, 0.15) is 24.8 Å². The lowest BCUT2D eigenvalue weighted by atomic mass is 10.3. The van der Waals surface area contributed by atoms with Gasteiger partial charge in [-0.3, -0.25) is 4.79 Å². The number of imidazole rings is 1. The minimum Gasteiger partial charge on any atom is -0.492 e. The van der Waals surface area contributed by atoms with Gasteiger partial charge < -0.3 is 19.4 Å². The third-order valence-corrected chi connectivity index (χ3v) is 3.78. The highest BCUT2D eigenvalue weighted by atomic mass is 16.5. The summed E-state index contributed by atoms with van der Waals surface area (Å²) in [7, 11) is 1.50. The largest absolute Gasteiger partial charge is 0.492 e. The molecule has 0 radical (unpaired) electrons. The first-order chi connectivity index (χ1) is 12.3. The van der Waals surface area contributed by atoms with Gasteiger partial charge in [-0.15, -0.1) is 0 Å². The Morgan fingerprint density at radius 3 is 2.68 bits per heavy atom. The van der Waals surface area contributed by atoms with E-state index in [2.05, 4.69) is 14.9 Å². The maximum Gasteiger partial charge on any atom is 0.246 e. The normalized spacial score (nSPS) is 10.8. The van der Waals surface area contributed by atoms with E-state index in [1.165, 1.54) is 7.11 Å². The van der Waals surface area contributed by atoms with Crippen LogP contribution in [0, 0.1) is 0 Å². The van der Waals surface area contributed by atoms with Crippen molar-refractivity contribution < 1.29 is 14.3 Å². The van der Waals surface area contributed by atoms with Gasteiger partial charge in [-0.05, 0) is 24.3 Å². The fourth-order valence-corrected chi connectivity index (χ4v) is 2.64. The summed E-state index contributed by atoms with van der Waals surface area (Å²) in [6.45, 7) is 1.55. The molecule has 3 aromatic rings. The van der Waals surface area contributed by atoms with Gasteiger partial charge in [0.2, 0.25) is 5.91 Å².